The maximum absolute atomic E-state index is 12.7. The van der Waals surface area contributed by atoms with Crippen molar-refractivity contribution in [2.75, 3.05) is 11.5 Å². The van der Waals surface area contributed by atoms with Crippen LogP contribution in [0, 0.1) is 5.82 Å². The Morgan fingerprint density at radius 3 is 2.40 bits per heavy atom. The van der Waals surface area contributed by atoms with E-state index in [0.29, 0.717) is 0 Å². The molecule has 0 aliphatic carbocycles. The molecule has 1 heterocycles. The summed E-state index contributed by atoms with van der Waals surface area (Å²) in [6.07, 6.45) is 1.50. The van der Waals surface area contributed by atoms with E-state index < -0.39 is 5.97 Å². The van der Waals surface area contributed by atoms with E-state index in [1.807, 2.05) is 0 Å². The monoisotopic (exact) mass is 309 g/mol. The largest absolute Gasteiger partial charge is 0.477 e. The van der Waals surface area contributed by atoms with Crippen molar-refractivity contribution in [1.82, 2.24) is 4.98 Å². The van der Waals surface area contributed by atoms with Crippen molar-refractivity contribution in [3.63, 3.8) is 0 Å². The average Bonchev–Trinajstić information content (AvgIpc) is 2.46. The van der Waals surface area contributed by atoms with Crippen molar-refractivity contribution in [1.29, 1.82) is 0 Å². The molecule has 0 aliphatic rings. The number of pyridine rings is 1. The van der Waals surface area contributed by atoms with Gasteiger partial charge < -0.3 is 5.11 Å². The van der Waals surface area contributed by atoms with Gasteiger partial charge in [-0.2, -0.15) is 0 Å². The first-order chi connectivity index (χ1) is 9.65. The summed E-state index contributed by atoms with van der Waals surface area (Å²) in [4.78, 5) is 16.5. The molecule has 0 fully saturated rings. The van der Waals surface area contributed by atoms with Gasteiger partial charge >= 0.3 is 5.97 Å². The summed E-state index contributed by atoms with van der Waals surface area (Å²) in [7, 11) is 0. The van der Waals surface area contributed by atoms with E-state index in [1.165, 1.54) is 18.3 Å². The maximum Gasteiger partial charge on any atom is 0.354 e. The molecule has 0 radical (unpaired) electrons. The molecule has 0 unspecified atom stereocenters. The molecular formula is C14H12FNO2S2. The number of carboxylic acids is 1. The number of aromatic carboxylic acids is 1. The average molecular weight is 309 g/mol. The Kier molecular flexibility index (Phi) is 5.43. The number of benzene rings is 1. The van der Waals surface area contributed by atoms with Gasteiger partial charge in [-0.25, -0.2) is 14.2 Å². The van der Waals surface area contributed by atoms with Crippen molar-refractivity contribution in [2.24, 2.45) is 0 Å². The number of halogens is 1. The van der Waals surface area contributed by atoms with E-state index in [9.17, 15) is 9.18 Å². The first kappa shape index (κ1) is 14.9. The smallest absolute Gasteiger partial charge is 0.354 e. The predicted molar refractivity (Wildman–Crippen MR) is 79.0 cm³/mol. The second-order valence-electron chi connectivity index (χ2n) is 3.83. The van der Waals surface area contributed by atoms with Gasteiger partial charge in [-0.05, 0) is 36.4 Å². The number of rotatable bonds is 6. The number of carboxylic acid groups (broad SMARTS) is 1. The van der Waals surface area contributed by atoms with Crippen LogP contribution in [0.2, 0.25) is 0 Å². The maximum atomic E-state index is 12.7. The lowest BCUT2D eigenvalue weighted by Gasteiger charge is -2.03. The van der Waals surface area contributed by atoms with Crippen molar-refractivity contribution in [3.8, 4) is 0 Å². The quantitative estimate of drug-likeness (QED) is 0.649. The van der Waals surface area contributed by atoms with Crippen molar-refractivity contribution >= 4 is 29.5 Å². The fourth-order valence-electron chi connectivity index (χ4n) is 1.47. The van der Waals surface area contributed by atoms with Gasteiger partial charge in [-0.1, -0.05) is 0 Å². The number of thioether (sulfide) groups is 2. The van der Waals surface area contributed by atoms with Gasteiger partial charge in [0.05, 0.1) is 0 Å². The molecule has 1 aromatic carbocycles. The zero-order valence-electron chi connectivity index (χ0n) is 10.5. The molecule has 2 aromatic rings. The molecule has 0 bridgehead atoms. The van der Waals surface area contributed by atoms with Crippen LogP contribution < -0.4 is 0 Å². The predicted octanol–water partition coefficient (Wildman–Crippen LogP) is 3.80. The number of nitrogens with zero attached hydrogens (tertiary/aromatic N) is 1. The number of aromatic nitrogens is 1. The van der Waals surface area contributed by atoms with Gasteiger partial charge in [-0.15, -0.1) is 23.5 Å². The summed E-state index contributed by atoms with van der Waals surface area (Å²) in [5.41, 5.74) is 0.0567. The van der Waals surface area contributed by atoms with E-state index in [-0.39, 0.29) is 11.5 Å². The van der Waals surface area contributed by atoms with E-state index >= 15 is 0 Å². The Bertz CT molecular complexity index is 590. The second kappa shape index (κ2) is 7.31. The van der Waals surface area contributed by atoms with E-state index in [1.54, 1.807) is 47.8 Å². The second-order valence-corrected chi connectivity index (χ2v) is 6.17. The molecule has 3 nitrogen and oxygen atoms in total. The number of carbonyl (C=O) groups is 1. The molecule has 2 rings (SSSR count). The third-order valence-electron chi connectivity index (χ3n) is 2.38. The highest BCUT2D eigenvalue weighted by Gasteiger charge is 2.05. The Labute approximate surface area is 124 Å². The molecule has 1 N–H and O–H groups in total. The molecular weight excluding hydrogens is 297 g/mol. The zero-order chi connectivity index (χ0) is 14.4. The molecule has 0 atom stereocenters. The van der Waals surface area contributed by atoms with E-state index in [0.717, 1.165) is 21.3 Å². The standard InChI is InChI=1S/C14H12FNO2S2/c15-10-1-3-11(4-2-10)19-7-8-20-12-5-6-16-13(9-12)14(17)18/h1-6,9H,7-8H2,(H,17,18). The Morgan fingerprint density at radius 1 is 1.10 bits per heavy atom. The van der Waals surface area contributed by atoms with E-state index in [4.69, 9.17) is 5.11 Å². The number of hydrogen-bond donors (Lipinski definition) is 1. The van der Waals surface area contributed by atoms with Gasteiger partial charge in [0.15, 0.2) is 0 Å². The minimum absolute atomic E-state index is 0.0567. The van der Waals surface area contributed by atoms with Crippen molar-refractivity contribution in [3.05, 3.63) is 54.1 Å². The SMILES string of the molecule is O=C(O)c1cc(SCCSc2ccc(F)cc2)ccn1. The van der Waals surface area contributed by atoms with Gasteiger partial charge in [0.25, 0.3) is 0 Å². The topological polar surface area (TPSA) is 50.2 Å². The summed E-state index contributed by atoms with van der Waals surface area (Å²) in [5.74, 6) is 0.446. The zero-order valence-corrected chi connectivity index (χ0v) is 12.1. The molecule has 0 aliphatic heterocycles. The highest BCUT2D eigenvalue weighted by molar-refractivity contribution is 8.03. The summed E-state index contributed by atoms with van der Waals surface area (Å²) >= 11 is 3.22. The molecule has 0 saturated heterocycles. The summed E-state index contributed by atoms with van der Waals surface area (Å²) in [5, 5.41) is 8.85. The lowest BCUT2D eigenvalue weighted by atomic mass is 10.3. The molecule has 20 heavy (non-hydrogen) atoms. The van der Waals surface area contributed by atoms with Crippen molar-refractivity contribution in [2.45, 2.75) is 9.79 Å². The van der Waals surface area contributed by atoms with Crippen molar-refractivity contribution < 1.29 is 14.3 Å². The molecule has 1 aromatic heterocycles. The van der Waals surface area contributed by atoms with Gasteiger partial charge in [0.2, 0.25) is 0 Å². The summed E-state index contributed by atoms with van der Waals surface area (Å²) in [6, 6.07) is 9.74. The van der Waals surface area contributed by atoms with Gasteiger partial charge in [0, 0.05) is 27.5 Å². The van der Waals surface area contributed by atoms with Crippen LogP contribution in [0.15, 0.2) is 52.4 Å². The Morgan fingerprint density at radius 2 is 1.75 bits per heavy atom. The van der Waals surface area contributed by atoms with Crippen LogP contribution >= 0.6 is 23.5 Å². The minimum atomic E-state index is -1.02. The number of hydrogen-bond acceptors (Lipinski definition) is 4. The molecule has 6 heteroatoms. The first-order valence-corrected chi connectivity index (χ1v) is 7.83. The molecule has 0 amide bonds. The van der Waals surface area contributed by atoms with Crippen LogP contribution in [0.1, 0.15) is 10.5 Å². The highest BCUT2D eigenvalue weighted by Crippen LogP contribution is 2.23. The Balaban J connectivity index is 1.79. The Hall–Kier alpha value is -1.53. The third-order valence-corrected chi connectivity index (χ3v) is 4.65. The minimum Gasteiger partial charge on any atom is -0.477 e. The third kappa shape index (κ3) is 4.54. The van der Waals surface area contributed by atoms with E-state index in [2.05, 4.69) is 4.98 Å². The fourth-order valence-corrected chi connectivity index (χ4v) is 3.29. The lowest BCUT2D eigenvalue weighted by molar-refractivity contribution is 0.0690. The van der Waals surface area contributed by atoms with Crippen LogP contribution in [0.25, 0.3) is 0 Å². The van der Waals surface area contributed by atoms with Crippen LogP contribution in [0.5, 0.6) is 0 Å². The molecule has 104 valence electrons. The molecule has 0 saturated carbocycles. The summed E-state index contributed by atoms with van der Waals surface area (Å²) < 4.78 is 12.7. The van der Waals surface area contributed by atoms with Gasteiger partial charge in [-0.3, -0.25) is 0 Å². The van der Waals surface area contributed by atoms with Crippen LogP contribution in [-0.4, -0.2) is 27.6 Å². The van der Waals surface area contributed by atoms with Gasteiger partial charge in [0.1, 0.15) is 11.5 Å². The normalized spacial score (nSPS) is 10.4. The lowest BCUT2D eigenvalue weighted by Crippen LogP contribution is -1.99. The fraction of sp³-hybridized carbons (Fsp3) is 0.143. The highest BCUT2D eigenvalue weighted by atomic mass is 32.2. The van der Waals surface area contributed by atoms with Crippen LogP contribution in [0.4, 0.5) is 4.39 Å². The molecule has 0 spiro atoms. The first-order valence-electron chi connectivity index (χ1n) is 5.85. The summed E-state index contributed by atoms with van der Waals surface area (Å²) in [6.45, 7) is 0. The van der Waals surface area contributed by atoms with Crippen LogP contribution in [-0.2, 0) is 0 Å². The van der Waals surface area contributed by atoms with Crippen LogP contribution in [0.3, 0.4) is 0 Å².